The Bertz CT molecular complexity index is 496. The minimum absolute atomic E-state index is 0. The molecule has 24 heavy (non-hydrogen) atoms. The van der Waals surface area contributed by atoms with Crippen LogP contribution in [0.2, 0.25) is 5.02 Å². The average Bonchev–Trinajstić information content (AvgIpc) is 2.56. The van der Waals surface area contributed by atoms with Crippen LogP contribution in [0.25, 0.3) is 5.32 Å². The normalized spacial score (nSPS) is 9.38. The van der Waals surface area contributed by atoms with Gasteiger partial charge in [-0.25, -0.2) is 0 Å². The van der Waals surface area contributed by atoms with Crippen LogP contribution >= 0.6 is 11.6 Å². The molecule has 0 heterocycles. The second-order valence-electron chi connectivity index (χ2n) is 3.50. The molecule has 0 saturated carbocycles. The Morgan fingerprint density at radius 1 is 1.29 bits per heavy atom. The maximum Gasteiger partial charge on any atom is 1.00 e. The number of hydrogen-bond donors (Lipinski definition) is 3. The van der Waals surface area contributed by atoms with Crippen molar-refractivity contribution < 1.29 is 65.7 Å². The molecule has 0 aromatic heterocycles. The van der Waals surface area contributed by atoms with Crippen LogP contribution < -0.4 is 72.9 Å². The zero-order valence-electron chi connectivity index (χ0n) is 14.8. The number of nitrogens with two attached hydrogens (primary N) is 2. The van der Waals surface area contributed by atoms with Crippen molar-refractivity contribution >= 4 is 23.9 Å². The van der Waals surface area contributed by atoms with Gasteiger partial charge in [-0.15, -0.1) is 0 Å². The summed E-state index contributed by atoms with van der Waals surface area (Å²) in [6, 6.07) is 7.33. The number of carbonyl (C=O) groups excluding carboxylic acids is 2. The molecule has 0 radical (unpaired) electrons. The molecule has 0 unspecified atom stereocenters. The van der Waals surface area contributed by atoms with Gasteiger partial charge in [-0.05, 0) is 37.0 Å². The van der Waals surface area contributed by atoms with Crippen molar-refractivity contribution in [1.29, 1.82) is 0 Å². The molecule has 5 N–H and O–H groups in total. The van der Waals surface area contributed by atoms with Gasteiger partial charge >= 0.3 is 51.4 Å². The largest absolute Gasteiger partial charge is 1.00 e. The van der Waals surface area contributed by atoms with Crippen LogP contribution in [0.15, 0.2) is 35.8 Å². The quantitative estimate of drug-likeness (QED) is 0.336. The van der Waals surface area contributed by atoms with Crippen LogP contribution in [0.4, 0.5) is 0 Å². The maximum atomic E-state index is 10.5. The summed E-state index contributed by atoms with van der Waals surface area (Å²) in [5, 5.41) is 6.24. The molecule has 130 valence electrons. The van der Waals surface area contributed by atoms with E-state index in [1.807, 2.05) is 50.4 Å². The zero-order chi connectivity index (χ0) is 18.3. The summed E-state index contributed by atoms with van der Waals surface area (Å²) in [5.74, 6) is -0.0447. The minimum atomic E-state index is -0.819. The van der Waals surface area contributed by atoms with Gasteiger partial charge in [0.1, 0.15) is 11.4 Å². The van der Waals surface area contributed by atoms with E-state index in [9.17, 15) is 9.59 Å². The molecule has 1 rings (SSSR count). The zero-order valence-corrected chi connectivity index (χ0v) is 18.7. The van der Waals surface area contributed by atoms with Crippen molar-refractivity contribution in [2.24, 2.45) is 11.5 Å². The molecule has 9 heteroatoms. The third-order valence-corrected chi connectivity index (χ3v) is 2.32. The minimum Gasteiger partial charge on any atom is -0.494 e. The third-order valence-electron chi connectivity index (χ3n) is 2.07. The number of rotatable bonds is 6. The third kappa shape index (κ3) is 13.6. The SMILES string of the molecule is CC.CCOc1ccc(Cl)cc1.C[N-]/C(N)=C(/NC=O)C(N)=O.[K+]. The van der Waals surface area contributed by atoms with E-state index >= 15 is 0 Å². The molecular weight excluding hydrogens is 359 g/mol. The predicted octanol–water partition coefficient (Wildman–Crippen LogP) is -0.882. The maximum absolute atomic E-state index is 10.5. The van der Waals surface area contributed by atoms with E-state index in [0.29, 0.717) is 13.0 Å². The molecule has 0 aliphatic heterocycles. The molecule has 1 aromatic rings. The topological polar surface area (TPSA) is 122 Å². The summed E-state index contributed by atoms with van der Waals surface area (Å²) in [4.78, 5) is 20.4. The van der Waals surface area contributed by atoms with Crippen LogP contribution in [0.1, 0.15) is 20.8 Å². The second kappa shape index (κ2) is 18.6. The molecule has 7 nitrogen and oxygen atoms in total. The van der Waals surface area contributed by atoms with E-state index in [-0.39, 0.29) is 62.9 Å². The number of halogens is 1. The first kappa shape index (κ1) is 28.0. The van der Waals surface area contributed by atoms with Crippen molar-refractivity contribution in [1.82, 2.24) is 5.32 Å². The molecular formula is C15H24ClKN4O3. The molecule has 0 aliphatic rings. The fourth-order valence-corrected chi connectivity index (χ4v) is 1.27. The first-order valence-electron chi connectivity index (χ1n) is 6.94. The van der Waals surface area contributed by atoms with Gasteiger partial charge in [0, 0.05) is 5.02 Å². The van der Waals surface area contributed by atoms with Crippen molar-refractivity contribution in [3.63, 3.8) is 0 Å². The number of carbonyl (C=O) groups is 2. The molecule has 1 aromatic carbocycles. The van der Waals surface area contributed by atoms with Crippen molar-refractivity contribution in [2.45, 2.75) is 20.8 Å². The Labute approximate surface area is 190 Å². The van der Waals surface area contributed by atoms with Gasteiger partial charge in [-0.2, -0.15) is 0 Å². The summed E-state index contributed by atoms with van der Waals surface area (Å²) in [5.41, 5.74) is 9.84. The smallest absolute Gasteiger partial charge is 0.494 e. The summed E-state index contributed by atoms with van der Waals surface area (Å²) in [6.07, 6.45) is 0.304. The predicted molar refractivity (Wildman–Crippen MR) is 92.9 cm³/mol. The fraction of sp³-hybridized carbons (Fsp3) is 0.333. The van der Waals surface area contributed by atoms with Crippen LogP contribution in [0.5, 0.6) is 5.75 Å². The molecule has 0 saturated heterocycles. The number of amides is 2. The van der Waals surface area contributed by atoms with Gasteiger partial charge in [0.15, 0.2) is 0 Å². The fourth-order valence-electron chi connectivity index (χ4n) is 1.14. The number of hydrogen-bond acceptors (Lipinski definition) is 4. The van der Waals surface area contributed by atoms with Crippen LogP contribution in [0, 0.1) is 0 Å². The molecule has 0 aliphatic carbocycles. The van der Waals surface area contributed by atoms with Gasteiger partial charge in [-0.1, -0.05) is 32.5 Å². The molecule has 2 amide bonds. The number of benzene rings is 1. The molecule has 0 bridgehead atoms. The number of nitrogens with one attached hydrogen (secondary N) is 1. The van der Waals surface area contributed by atoms with Gasteiger partial charge < -0.3 is 26.8 Å². The second-order valence-corrected chi connectivity index (χ2v) is 3.93. The first-order valence-corrected chi connectivity index (χ1v) is 7.31. The van der Waals surface area contributed by atoms with E-state index in [4.69, 9.17) is 27.8 Å². The number of nitrogens with zero attached hydrogens (tertiary/aromatic N) is 1. The Kier molecular flexibility index (Phi) is 21.7. The van der Waals surface area contributed by atoms with Gasteiger partial charge in [-0.3, -0.25) is 9.59 Å². The molecule has 0 fully saturated rings. The van der Waals surface area contributed by atoms with Gasteiger partial charge in [0.25, 0.3) is 5.91 Å². The summed E-state index contributed by atoms with van der Waals surface area (Å²) in [6.45, 7) is 6.65. The number of primary amides is 1. The Morgan fingerprint density at radius 2 is 1.79 bits per heavy atom. The summed E-state index contributed by atoms with van der Waals surface area (Å²) in [7, 11) is 1.38. The first-order chi connectivity index (χ1) is 11.0. The van der Waals surface area contributed by atoms with E-state index in [1.54, 1.807) is 0 Å². The molecule has 0 atom stereocenters. The van der Waals surface area contributed by atoms with Gasteiger partial charge in [0.2, 0.25) is 6.41 Å². The standard InChI is InChI=1S/C8H9ClO.C5H10N4O2.C2H6.K/c1-2-10-8-5-3-7(9)4-6-8;1-8-4(6)3(5(7)11)9-2-10;1-2;/h3-6H,2H2,1H3;2H,1H3,(H6,6,7,8,9,10,11);1-2H3;/q;;;+1/p-1. The van der Waals surface area contributed by atoms with E-state index < -0.39 is 5.91 Å². The Hall–Kier alpha value is -0.774. The molecule has 0 spiro atoms. The van der Waals surface area contributed by atoms with Crippen LogP contribution in [-0.2, 0) is 9.59 Å². The summed E-state index contributed by atoms with van der Waals surface area (Å²) < 4.78 is 5.20. The van der Waals surface area contributed by atoms with Crippen molar-refractivity contribution in [2.75, 3.05) is 13.7 Å². The monoisotopic (exact) mass is 382 g/mol. The van der Waals surface area contributed by atoms with Gasteiger partial charge in [0.05, 0.1) is 6.61 Å². The average molecular weight is 383 g/mol. The Balaban J connectivity index is -0.000000321. The summed E-state index contributed by atoms with van der Waals surface area (Å²) >= 11 is 5.66. The van der Waals surface area contributed by atoms with Crippen molar-refractivity contribution in [3.05, 3.63) is 46.1 Å². The number of ether oxygens (including phenoxy) is 1. The van der Waals surface area contributed by atoms with Crippen molar-refractivity contribution in [3.8, 4) is 5.75 Å². The van der Waals surface area contributed by atoms with E-state index in [0.717, 1.165) is 10.8 Å². The van der Waals surface area contributed by atoms with Crippen LogP contribution in [0.3, 0.4) is 0 Å². The van der Waals surface area contributed by atoms with Crippen LogP contribution in [-0.4, -0.2) is 26.0 Å². The van der Waals surface area contributed by atoms with E-state index in [1.165, 1.54) is 7.05 Å². The van der Waals surface area contributed by atoms with E-state index in [2.05, 4.69) is 5.32 Å². The Morgan fingerprint density at radius 3 is 2.12 bits per heavy atom.